The van der Waals surface area contributed by atoms with Crippen LogP contribution in [-0.4, -0.2) is 22.5 Å². The SMILES string of the molecule is CCc1noc(C)c1NC(=O)C(=O)NC(C)(C)C. The Morgan fingerprint density at radius 3 is 2.39 bits per heavy atom. The van der Waals surface area contributed by atoms with Gasteiger partial charge in [0.1, 0.15) is 11.4 Å². The van der Waals surface area contributed by atoms with E-state index in [1.807, 2.05) is 6.92 Å². The Kier molecular flexibility index (Phi) is 4.11. The Morgan fingerprint density at radius 1 is 1.28 bits per heavy atom. The molecule has 0 spiro atoms. The molecule has 2 amide bonds. The van der Waals surface area contributed by atoms with Crippen LogP contribution in [0.3, 0.4) is 0 Å². The average molecular weight is 253 g/mol. The van der Waals surface area contributed by atoms with Crippen molar-refractivity contribution in [2.75, 3.05) is 5.32 Å². The lowest BCUT2D eigenvalue weighted by Gasteiger charge is -2.19. The minimum atomic E-state index is -0.717. The molecule has 0 unspecified atom stereocenters. The Bertz CT molecular complexity index is 458. The maximum absolute atomic E-state index is 11.7. The van der Waals surface area contributed by atoms with Gasteiger partial charge in [0.05, 0.1) is 0 Å². The van der Waals surface area contributed by atoms with Gasteiger partial charge in [0, 0.05) is 5.54 Å². The zero-order valence-electron chi connectivity index (χ0n) is 11.4. The van der Waals surface area contributed by atoms with E-state index in [-0.39, 0.29) is 0 Å². The van der Waals surface area contributed by atoms with Crippen molar-refractivity contribution < 1.29 is 14.1 Å². The normalized spacial score (nSPS) is 11.2. The second kappa shape index (κ2) is 5.20. The van der Waals surface area contributed by atoms with Crippen molar-refractivity contribution in [2.24, 2.45) is 0 Å². The predicted molar refractivity (Wildman–Crippen MR) is 67.1 cm³/mol. The molecule has 2 N–H and O–H groups in total. The van der Waals surface area contributed by atoms with Crippen molar-refractivity contribution in [1.82, 2.24) is 10.5 Å². The number of anilines is 1. The van der Waals surface area contributed by atoms with Crippen LogP contribution in [0.15, 0.2) is 4.52 Å². The highest BCUT2D eigenvalue weighted by atomic mass is 16.5. The summed E-state index contributed by atoms with van der Waals surface area (Å²) in [5.74, 6) is -0.903. The molecule has 0 aliphatic heterocycles. The fourth-order valence-corrected chi connectivity index (χ4v) is 1.39. The van der Waals surface area contributed by atoms with E-state index in [0.717, 1.165) is 0 Å². The minimum absolute atomic E-state index is 0.453. The van der Waals surface area contributed by atoms with E-state index in [0.29, 0.717) is 23.6 Å². The number of nitrogens with one attached hydrogen (secondary N) is 2. The molecule has 0 aliphatic rings. The molecule has 0 bridgehead atoms. The number of hydrogen-bond donors (Lipinski definition) is 2. The molecular formula is C12H19N3O3. The molecule has 0 fully saturated rings. The summed E-state index contributed by atoms with van der Waals surface area (Å²) in [6.45, 7) is 8.99. The third kappa shape index (κ3) is 3.58. The summed E-state index contributed by atoms with van der Waals surface area (Å²) in [7, 11) is 0. The smallest absolute Gasteiger partial charge is 0.313 e. The van der Waals surface area contributed by atoms with Gasteiger partial charge in [-0.2, -0.15) is 0 Å². The third-order valence-corrected chi connectivity index (χ3v) is 2.20. The molecule has 0 atom stereocenters. The van der Waals surface area contributed by atoms with E-state index in [1.54, 1.807) is 27.7 Å². The Hall–Kier alpha value is -1.85. The van der Waals surface area contributed by atoms with E-state index < -0.39 is 17.4 Å². The van der Waals surface area contributed by atoms with Gasteiger partial charge in [-0.15, -0.1) is 0 Å². The highest BCUT2D eigenvalue weighted by Gasteiger charge is 2.22. The van der Waals surface area contributed by atoms with Gasteiger partial charge in [-0.1, -0.05) is 12.1 Å². The number of amides is 2. The Morgan fingerprint density at radius 2 is 1.89 bits per heavy atom. The third-order valence-electron chi connectivity index (χ3n) is 2.20. The second-order valence-corrected chi connectivity index (χ2v) is 5.07. The van der Waals surface area contributed by atoms with Crippen molar-refractivity contribution in [1.29, 1.82) is 0 Å². The van der Waals surface area contributed by atoms with Crippen LogP contribution in [-0.2, 0) is 16.0 Å². The van der Waals surface area contributed by atoms with Gasteiger partial charge in [-0.05, 0) is 34.1 Å². The molecule has 0 aliphatic carbocycles. The molecule has 0 saturated carbocycles. The maximum Gasteiger partial charge on any atom is 0.313 e. The van der Waals surface area contributed by atoms with Crippen LogP contribution >= 0.6 is 0 Å². The van der Waals surface area contributed by atoms with Gasteiger partial charge in [0.25, 0.3) is 0 Å². The van der Waals surface area contributed by atoms with Crippen LogP contribution in [0, 0.1) is 6.92 Å². The maximum atomic E-state index is 11.7. The van der Waals surface area contributed by atoms with Crippen molar-refractivity contribution in [2.45, 2.75) is 46.6 Å². The first-order valence-electron chi connectivity index (χ1n) is 5.83. The van der Waals surface area contributed by atoms with Crippen LogP contribution in [0.1, 0.15) is 39.1 Å². The van der Waals surface area contributed by atoms with Crippen LogP contribution < -0.4 is 10.6 Å². The fraction of sp³-hybridized carbons (Fsp3) is 0.583. The summed E-state index contributed by atoms with van der Waals surface area (Å²) in [4.78, 5) is 23.3. The van der Waals surface area contributed by atoms with E-state index in [2.05, 4.69) is 15.8 Å². The lowest BCUT2D eigenvalue weighted by Crippen LogP contribution is -2.46. The van der Waals surface area contributed by atoms with Gasteiger partial charge in [0.15, 0.2) is 5.76 Å². The van der Waals surface area contributed by atoms with E-state index in [9.17, 15) is 9.59 Å². The summed E-state index contributed by atoms with van der Waals surface area (Å²) in [6.07, 6.45) is 0.619. The molecule has 100 valence electrons. The number of carbonyl (C=O) groups is 2. The monoisotopic (exact) mass is 253 g/mol. The molecule has 1 heterocycles. The number of carbonyl (C=O) groups excluding carboxylic acids is 2. The zero-order valence-corrected chi connectivity index (χ0v) is 11.4. The van der Waals surface area contributed by atoms with Crippen molar-refractivity contribution in [3.63, 3.8) is 0 Å². The summed E-state index contributed by atoms with van der Waals surface area (Å²) < 4.78 is 4.97. The first kappa shape index (κ1) is 14.2. The molecule has 18 heavy (non-hydrogen) atoms. The first-order valence-corrected chi connectivity index (χ1v) is 5.83. The lowest BCUT2D eigenvalue weighted by atomic mass is 10.1. The summed E-state index contributed by atoms with van der Waals surface area (Å²) in [6, 6.07) is 0. The lowest BCUT2D eigenvalue weighted by molar-refractivity contribution is -0.137. The van der Waals surface area contributed by atoms with Crippen LogP contribution in [0.25, 0.3) is 0 Å². The van der Waals surface area contributed by atoms with Crippen molar-refractivity contribution in [3.8, 4) is 0 Å². The molecule has 1 aromatic rings. The fourth-order valence-electron chi connectivity index (χ4n) is 1.39. The van der Waals surface area contributed by atoms with Crippen LogP contribution in [0.2, 0.25) is 0 Å². The van der Waals surface area contributed by atoms with Gasteiger partial charge in [-0.3, -0.25) is 9.59 Å². The van der Waals surface area contributed by atoms with E-state index in [1.165, 1.54) is 0 Å². The van der Waals surface area contributed by atoms with E-state index in [4.69, 9.17) is 4.52 Å². The summed E-state index contributed by atoms with van der Waals surface area (Å²) in [5, 5.41) is 8.91. The summed E-state index contributed by atoms with van der Waals surface area (Å²) in [5.41, 5.74) is 0.655. The predicted octanol–water partition coefficient (Wildman–Crippen LogP) is 1.40. The van der Waals surface area contributed by atoms with Crippen LogP contribution in [0.4, 0.5) is 5.69 Å². The van der Waals surface area contributed by atoms with Crippen LogP contribution in [0.5, 0.6) is 0 Å². The molecule has 0 radical (unpaired) electrons. The number of aryl methyl sites for hydroxylation is 2. The standard InChI is InChI=1S/C12H19N3O3/c1-6-8-9(7(2)18-15-8)13-10(16)11(17)14-12(3,4)5/h6H2,1-5H3,(H,13,16)(H,14,17). The number of nitrogens with zero attached hydrogens (tertiary/aromatic N) is 1. The molecular weight excluding hydrogens is 234 g/mol. The zero-order chi connectivity index (χ0) is 13.9. The molecule has 0 saturated heterocycles. The molecule has 6 nitrogen and oxygen atoms in total. The van der Waals surface area contributed by atoms with Crippen molar-refractivity contribution in [3.05, 3.63) is 11.5 Å². The Balaban J connectivity index is 2.76. The van der Waals surface area contributed by atoms with E-state index >= 15 is 0 Å². The summed E-state index contributed by atoms with van der Waals surface area (Å²) >= 11 is 0. The first-order chi connectivity index (χ1) is 8.24. The highest BCUT2D eigenvalue weighted by Crippen LogP contribution is 2.20. The Labute approximate surface area is 106 Å². The molecule has 1 aromatic heterocycles. The molecule has 0 aromatic carbocycles. The topological polar surface area (TPSA) is 84.2 Å². The largest absolute Gasteiger partial charge is 0.359 e. The van der Waals surface area contributed by atoms with Gasteiger partial charge in [0.2, 0.25) is 0 Å². The average Bonchev–Trinajstić information content (AvgIpc) is 2.57. The van der Waals surface area contributed by atoms with Crippen molar-refractivity contribution >= 4 is 17.5 Å². The number of rotatable bonds is 2. The molecule has 6 heteroatoms. The number of hydrogen-bond acceptors (Lipinski definition) is 4. The van der Waals surface area contributed by atoms with Gasteiger partial charge >= 0.3 is 11.8 Å². The highest BCUT2D eigenvalue weighted by molar-refractivity contribution is 6.39. The minimum Gasteiger partial charge on any atom is -0.359 e. The second-order valence-electron chi connectivity index (χ2n) is 5.07. The van der Waals surface area contributed by atoms with Gasteiger partial charge in [-0.25, -0.2) is 0 Å². The quantitative estimate of drug-likeness (QED) is 0.780. The number of aromatic nitrogens is 1. The molecule has 1 rings (SSSR count). The van der Waals surface area contributed by atoms with Gasteiger partial charge < -0.3 is 15.2 Å².